The molecule has 0 aromatic heterocycles. The van der Waals surface area contributed by atoms with E-state index in [1.165, 1.54) is 19.3 Å². The maximum Gasteiger partial charge on any atom is 0.374 e. The van der Waals surface area contributed by atoms with Gasteiger partial charge in [0.1, 0.15) is 12.0 Å². The van der Waals surface area contributed by atoms with Gasteiger partial charge in [0.15, 0.2) is 0 Å². The molecule has 1 rings (SSSR count). The highest BCUT2D eigenvalue weighted by molar-refractivity contribution is 9.10. The summed E-state index contributed by atoms with van der Waals surface area (Å²) in [6.07, 6.45) is 4.26. The van der Waals surface area contributed by atoms with E-state index in [0.29, 0.717) is 11.8 Å². The van der Waals surface area contributed by atoms with Crippen molar-refractivity contribution in [1.82, 2.24) is 0 Å². The van der Waals surface area contributed by atoms with Gasteiger partial charge in [-0.25, -0.2) is 9.59 Å². The van der Waals surface area contributed by atoms with E-state index in [0.717, 1.165) is 17.7 Å². The summed E-state index contributed by atoms with van der Waals surface area (Å²) in [5.74, 6) is -1.67. The van der Waals surface area contributed by atoms with Gasteiger partial charge in [0.05, 0.1) is 20.3 Å². The van der Waals surface area contributed by atoms with E-state index in [4.69, 9.17) is 4.74 Å². The van der Waals surface area contributed by atoms with Crippen LogP contribution >= 0.6 is 15.9 Å². The lowest BCUT2D eigenvalue weighted by Crippen LogP contribution is -2.14. The van der Waals surface area contributed by atoms with Crippen LogP contribution in [0, 0.1) is 0 Å². The molecule has 6 nitrogen and oxygen atoms in total. The summed E-state index contributed by atoms with van der Waals surface area (Å²) in [7, 11) is 2.33. The van der Waals surface area contributed by atoms with Crippen molar-refractivity contribution in [2.45, 2.75) is 0 Å². The normalized spacial score (nSPS) is 11.1. The SMILES string of the molecule is COC(=O)/C=C(\Oc1ccc(Br)cc1/C=C/C=O)C(=O)OC. The summed E-state index contributed by atoms with van der Waals surface area (Å²) >= 11 is 3.29. The molecule has 0 saturated heterocycles. The number of esters is 2. The minimum absolute atomic E-state index is 0.266. The number of carbonyl (C=O) groups excluding carboxylic acids is 3. The Morgan fingerprint density at radius 1 is 1.18 bits per heavy atom. The summed E-state index contributed by atoms with van der Waals surface area (Å²) in [6.45, 7) is 0. The Bertz CT molecular complexity index is 633. The molecule has 0 atom stereocenters. The average molecular weight is 369 g/mol. The van der Waals surface area contributed by atoms with Crippen molar-refractivity contribution in [2.24, 2.45) is 0 Å². The third kappa shape index (κ3) is 5.17. The standard InChI is InChI=1S/C15H13BrO6/c1-20-14(18)9-13(15(19)21-2)22-12-6-5-11(16)8-10(12)4-3-7-17/h3-9H,1-2H3/b4-3+,13-9-. The van der Waals surface area contributed by atoms with Crippen molar-refractivity contribution in [2.75, 3.05) is 14.2 Å². The predicted molar refractivity (Wildman–Crippen MR) is 82.0 cm³/mol. The van der Waals surface area contributed by atoms with Crippen LogP contribution in [0.25, 0.3) is 6.08 Å². The first kappa shape index (κ1) is 17.6. The topological polar surface area (TPSA) is 78.9 Å². The summed E-state index contributed by atoms with van der Waals surface area (Å²) in [6, 6.07) is 4.94. The van der Waals surface area contributed by atoms with Gasteiger partial charge in [-0.2, -0.15) is 0 Å². The first-order chi connectivity index (χ1) is 10.5. The highest BCUT2D eigenvalue weighted by Gasteiger charge is 2.16. The van der Waals surface area contributed by atoms with Crippen molar-refractivity contribution in [3.8, 4) is 5.75 Å². The van der Waals surface area contributed by atoms with Gasteiger partial charge in [0, 0.05) is 10.0 Å². The summed E-state index contributed by atoms with van der Waals surface area (Å²) in [5, 5.41) is 0. The second-order valence-corrected chi connectivity index (χ2v) is 4.72. The van der Waals surface area contributed by atoms with E-state index in [1.54, 1.807) is 18.2 Å². The number of aldehydes is 1. The molecule has 0 heterocycles. The molecule has 0 saturated carbocycles. The van der Waals surface area contributed by atoms with Gasteiger partial charge in [-0.1, -0.05) is 15.9 Å². The van der Waals surface area contributed by atoms with Gasteiger partial charge in [0.2, 0.25) is 5.76 Å². The van der Waals surface area contributed by atoms with E-state index in [1.807, 2.05) is 0 Å². The third-order valence-electron chi connectivity index (χ3n) is 2.38. The van der Waals surface area contributed by atoms with Crippen LogP contribution in [0.1, 0.15) is 5.56 Å². The molecule has 1 aromatic carbocycles. The van der Waals surface area contributed by atoms with Crippen LogP contribution in [0.4, 0.5) is 0 Å². The van der Waals surface area contributed by atoms with Gasteiger partial charge in [-0.3, -0.25) is 4.79 Å². The lowest BCUT2D eigenvalue weighted by molar-refractivity contribution is -0.140. The molecule has 0 aliphatic rings. The Labute approximate surface area is 135 Å². The highest BCUT2D eigenvalue weighted by atomic mass is 79.9. The lowest BCUT2D eigenvalue weighted by atomic mass is 10.2. The Balaban J connectivity index is 3.20. The Morgan fingerprint density at radius 2 is 1.91 bits per heavy atom. The van der Waals surface area contributed by atoms with E-state index in [9.17, 15) is 14.4 Å². The molecular weight excluding hydrogens is 356 g/mol. The van der Waals surface area contributed by atoms with E-state index < -0.39 is 11.9 Å². The summed E-state index contributed by atoms with van der Waals surface area (Å²) in [4.78, 5) is 33.4. The maximum absolute atomic E-state index is 11.7. The summed E-state index contributed by atoms with van der Waals surface area (Å²) in [5.41, 5.74) is 0.529. The van der Waals surface area contributed by atoms with Gasteiger partial charge in [0.25, 0.3) is 0 Å². The smallest absolute Gasteiger partial charge is 0.374 e. The quantitative estimate of drug-likeness (QED) is 0.331. The number of methoxy groups -OCH3 is 2. The van der Waals surface area contributed by atoms with Crippen LogP contribution < -0.4 is 4.74 Å². The summed E-state index contributed by atoms with van der Waals surface area (Å²) < 4.78 is 15.2. The van der Waals surface area contributed by atoms with Gasteiger partial charge < -0.3 is 14.2 Å². The molecule has 0 bridgehead atoms. The zero-order valence-electron chi connectivity index (χ0n) is 11.9. The fourth-order valence-electron chi connectivity index (χ4n) is 1.40. The van der Waals surface area contributed by atoms with E-state index in [-0.39, 0.29) is 11.5 Å². The van der Waals surface area contributed by atoms with Gasteiger partial charge in [-0.15, -0.1) is 0 Å². The molecule has 1 aromatic rings. The molecule has 0 aliphatic heterocycles. The lowest BCUT2D eigenvalue weighted by Gasteiger charge is -2.11. The van der Waals surface area contributed by atoms with Crippen molar-refractivity contribution < 1.29 is 28.6 Å². The van der Waals surface area contributed by atoms with Crippen molar-refractivity contribution in [1.29, 1.82) is 0 Å². The number of hydrogen-bond acceptors (Lipinski definition) is 6. The number of ether oxygens (including phenoxy) is 3. The third-order valence-corrected chi connectivity index (χ3v) is 2.88. The molecular formula is C15H13BrO6. The van der Waals surface area contributed by atoms with Crippen molar-refractivity contribution in [3.05, 3.63) is 46.1 Å². The molecule has 0 fully saturated rings. The van der Waals surface area contributed by atoms with E-state index >= 15 is 0 Å². The molecule has 0 spiro atoms. The minimum Gasteiger partial charge on any atom is -0.466 e. The average Bonchev–Trinajstić information content (AvgIpc) is 2.53. The van der Waals surface area contributed by atoms with Crippen molar-refractivity contribution in [3.63, 3.8) is 0 Å². The molecule has 0 aliphatic carbocycles. The van der Waals surface area contributed by atoms with Crippen molar-refractivity contribution >= 4 is 40.2 Å². The molecule has 0 N–H and O–H groups in total. The van der Waals surface area contributed by atoms with Crippen LogP contribution in [-0.4, -0.2) is 32.4 Å². The van der Waals surface area contributed by atoms with Gasteiger partial charge in [-0.05, 0) is 30.4 Å². The molecule has 116 valence electrons. The molecule has 0 radical (unpaired) electrons. The van der Waals surface area contributed by atoms with Crippen LogP contribution in [0.2, 0.25) is 0 Å². The Hall–Kier alpha value is -2.41. The zero-order chi connectivity index (χ0) is 16.5. The number of allylic oxidation sites excluding steroid dienone is 1. The number of rotatable bonds is 6. The molecule has 0 unspecified atom stereocenters. The van der Waals surface area contributed by atoms with Crippen LogP contribution in [-0.2, 0) is 23.9 Å². The fraction of sp³-hybridized carbons (Fsp3) is 0.133. The number of hydrogen-bond donors (Lipinski definition) is 0. The molecule has 22 heavy (non-hydrogen) atoms. The van der Waals surface area contributed by atoms with Crippen LogP contribution in [0.5, 0.6) is 5.75 Å². The first-order valence-corrected chi connectivity index (χ1v) is 6.78. The maximum atomic E-state index is 11.7. The Kier molecular flexibility index (Phi) is 7.04. The zero-order valence-corrected chi connectivity index (χ0v) is 13.5. The predicted octanol–water partition coefficient (Wildman–Crippen LogP) is 2.27. The van der Waals surface area contributed by atoms with Crippen LogP contribution in [0.15, 0.2) is 40.6 Å². The largest absolute Gasteiger partial charge is 0.466 e. The number of halogens is 1. The fourth-order valence-corrected chi connectivity index (χ4v) is 1.78. The number of carbonyl (C=O) groups is 3. The molecule has 0 amide bonds. The van der Waals surface area contributed by atoms with Crippen LogP contribution in [0.3, 0.4) is 0 Å². The Morgan fingerprint density at radius 3 is 2.50 bits per heavy atom. The second kappa shape index (κ2) is 8.78. The second-order valence-electron chi connectivity index (χ2n) is 3.80. The monoisotopic (exact) mass is 368 g/mol. The van der Waals surface area contributed by atoms with E-state index in [2.05, 4.69) is 25.4 Å². The first-order valence-electron chi connectivity index (χ1n) is 5.99. The van der Waals surface area contributed by atoms with Gasteiger partial charge >= 0.3 is 11.9 Å². The minimum atomic E-state index is -0.835. The highest BCUT2D eigenvalue weighted by Crippen LogP contribution is 2.26. The number of benzene rings is 1. The molecule has 7 heteroatoms.